The lowest BCUT2D eigenvalue weighted by atomic mass is 10.1. The van der Waals surface area contributed by atoms with Crippen LogP contribution in [-0.4, -0.2) is 46.4 Å². The fourth-order valence-corrected chi connectivity index (χ4v) is 4.05. The summed E-state index contributed by atoms with van der Waals surface area (Å²) >= 11 is 0. The zero-order chi connectivity index (χ0) is 16.6. The zero-order valence-corrected chi connectivity index (χ0v) is 13.9. The maximum absolute atomic E-state index is 12.6. The highest BCUT2D eigenvalue weighted by Gasteiger charge is 2.25. The van der Waals surface area contributed by atoms with Gasteiger partial charge in [-0.3, -0.25) is 4.79 Å². The molecule has 0 saturated heterocycles. The van der Waals surface area contributed by atoms with Crippen molar-refractivity contribution >= 4 is 32.4 Å². The van der Waals surface area contributed by atoms with Crippen LogP contribution in [0.3, 0.4) is 0 Å². The quantitative estimate of drug-likeness (QED) is 0.788. The van der Waals surface area contributed by atoms with Gasteiger partial charge in [0.1, 0.15) is 0 Å². The second-order valence-corrected chi connectivity index (χ2v) is 7.58. The number of hydrogen-bond acceptors (Lipinski definition) is 4. The van der Waals surface area contributed by atoms with Crippen LogP contribution in [0.2, 0.25) is 0 Å². The normalized spacial score (nSPS) is 13.8. The van der Waals surface area contributed by atoms with Crippen LogP contribution in [0.5, 0.6) is 0 Å². The molecule has 7 heteroatoms. The summed E-state index contributed by atoms with van der Waals surface area (Å²) in [5.74, 6) is -0.195. The summed E-state index contributed by atoms with van der Waals surface area (Å²) in [6.45, 7) is 1.19. The van der Waals surface area contributed by atoms with E-state index in [2.05, 4.69) is 10.0 Å². The highest BCUT2D eigenvalue weighted by molar-refractivity contribution is 7.89. The largest absolute Gasteiger partial charge is 0.321 e. The lowest BCUT2D eigenvalue weighted by Gasteiger charge is -2.12. The molecule has 23 heavy (non-hydrogen) atoms. The maximum Gasteiger partial charge on any atom is 0.256 e. The summed E-state index contributed by atoms with van der Waals surface area (Å²) < 4.78 is 27.8. The molecule has 3 rings (SSSR count). The summed E-state index contributed by atoms with van der Waals surface area (Å²) in [6.07, 6.45) is 0.730. The number of nitrogens with one attached hydrogen (secondary N) is 2. The number of sulfonamides is 1. The Morgan fingerprint density at radius 1 is 1.17 bits per heavy atom. The number of benzene rings is 2. The summed E-state index contributed by atoms with van der Waals surface area (Å²) in [5.41, 5.74) is 1.18. The van der Waals surface area contributed by atoms with Gasteiger partial charge in [-0.25, -0.2) is 13.1 Å². The molecule has 1 aliphatic rings. The highest BCUT2D eigenvalue weighted by Crippen LogP contribution is 2.36. The molecule has 6 nitrogen and oxygen atoms in total. The van der Waals surface area contributed by atoms with Crippen molar-refractivity contribution in [3.63, 3.8) is 0 Å². The van der Waals surface area contributed by atoms with Gasteiger partial charge in [-0.1, -0.05) is 12.1 Å². The third-order valence-electron chi connectivity index (χ3n) is 3.86. The molecule has 0 saturated carbocycles. The molecule has 2 aromatic carbocycles. The molecule has 1 aliphatic heterocycles. The van der Waals surface area contributed by atoms with E-state index in [4.69, 9.17) is 0 Å². The molecule has 0 radical (unpaired) electrons. The van der Waals surface area contributed by atoms with Gasteiger partial charge >= 0.3 is 0 Å². The Labute approximate surface area is 135 Å². The van der Waals surface area contributed by atoms with Crippen molar-refractivity contribution in [3.05, 3.63) is 35.9 Å². The predicted octanol–water partition coefficient (Wildman–Crippen LogP) is 1.64. The van der Waals surface area contributed by atoms with E-state index in [-0.39, 0.29) is 10.8 Å². The SMILES string of the molecule is CN(C)CCCNS(=O)(=O)c1ccc2c3c(cccc13)C(=O)N2. The van der Waals surface area contributed by atoms with Gasteiger partial charge in [0.15, 0.2) is 0 Å². The van der Waals surface area contributed by atoms with Crippen molar-refractivity contribution in [1.82, 2.24) is 9.62 Å². The minimum atomic E-state index is -3.62. The third-order valence-corrected chi connectivity index (χ3v) is 5.38. The maximum atomic E-state index is 12.6. The molecule has 1 heterocycles. The number of amides is 1. The first-order chi connectivity index (χ1) is 10.9. The molecule has 0 bridgehead atoms. The van der Waals surface area contributed by atoms with Crippen LogP contribution in [0.25, 0.3) is 10.8 Å². The number of carbonyl (C=O) groups is 1. The number of hydrogen-bond donors (Lipinski definition) is 2. The molecular formula is C16H19N3O3S. The van der Waals surface area contributed by atoms with E-state index in [0.29, 0.717) is 28.6 Å². The summed E-state index contributed by atoms with van der Waals surface area (Å²) in [7, 11) is 0.277. The van der Waals surface area contributed by atoms with Crippen LogP contribution in [0, 0.1) is 0 Å². The van der Waals surface area contributed by atoms with Crippen molar-refractivity contribution in [3.8, 4) is 0 Å². The topological polar surface area (TPSA) is 78.5 Å². The van der Waals surface area contributed by atoms with Crippen LogP contribution in [-0.2, 0) is 10.0 Å². The monoisotopic (exact) mass is 333 g/mol. The minimum absolute atomic E-state index is 0.195. The van der Waals surface area contributed by atoms with E-state index in [1.165, 1.54) is 0 Å². The third kappa shape index (κ3) is 2.95. The molecule has 2 aromatic rings. The van der Waals surface area contributed by atoms with Gasteiger partial charge in [-0.15, -0.1) is 0 Å². The Kier molecular flexibility index (Phi) is 4.09. The van der Waals surface area contributed by atoms with Crippen molar-refractivity contribution in [2.24, 2.45) is 0 Å². The molecule has 122 valence electrons. The van der Waals surface area contributed by atoms with E-state index >= 15 is 0 Å². The van der Waals surface area contributed by atoms with Gasteiger partial charge < -0.3 is 10.2 Å². The van der Waals surface area contributed by atoms with E-state index in [1.54, 1.807) is 30.3 Å². The lowest BCUT2D eigenvalue weighted by Crippen LogP contribution is -2.27. The van der Waals surface area contributed by atoms with Gasteiger partial charge in [-0.05, 0) is 45.3 Å². The smallest absolute Gasteiger partial charge is 0.256 e. The van der Waals surface area contributed by atoms with Crippen molar-refractivity contribution in [1.29, 1.82) is 0 Å². The minimum Gasteiger partial charge on any atom is -0.321 e. The highest BCUT2D eigenvalue weighted by atomic mass is 32.2. The Bertz CT molecular complexity index is 876. The van der Waals surface area contributed by atoms with Crippen LogP contribution >= 0.6 is 0 Å². The molecular weight excluding hydrogens is 314 g/mol. The Hall–Kier alpha value is -1.96. The second kappa shape index (κ2) is 5.92. The van der Waals surface area contributed by atoms with Gasteiger partial charge in [-0.2, -0.15) is 0 Å². The van der Waals surface area contributed by atoms with E-state index < -0.39 is 10.0 Å². The molecule has 0 unspecified atom stereocenters. The van der Waals surface area contributed by atoms with E-state index in [9.17, 15) is 13.2 Å². The molecule has 0 fully saturated rings. The van der Waals surface area contributed by atoms with E-state index in [1.807, 2.05) is 19.0 Å². The Morgan fingerprint density at radius 2 is 1.96 bits per heavy atom. The van der Waals surface area contributed by atoms with E-state index in [0.717, 1.165) is 13.0 Å². The molecule has 1 amide bonds. The first-order valence-electron chi connectivity index (χ1n) is 7.41. The number of nitrogens with zero attached hydrogens (tertiary/aromatic N) is 1. The zero-order valence-electron chi connectivity index (χ0n) is 13.1. The molecule has 0 atom stereocenters. The van der Waals surface area contributed by atoms with Gasteiger partial charge in [0.25, 0.3) is 5.91 Å². The average Bonchev–Trinajstić information content (AvgIpc) is 2.82. The molecule has 2 N–H and O–H groups in total. The van der Waals surface area contributed by atoms with Gasteiger partial charge in [0, 0.05) is 28.6 Å². The lowest BCUT2D eigenvalue weighted by molar-refractivity contribution is 0.103. The number of rotatable bonds is 6. The summed E-state index contributed by atoms with van der Waals surface area (Å²) in [5, 5.41) is 4.00. The number of anilines is 1. The summed E-state index contributed by atoms with van der Waals surface area (Å²) in [6, 6.07) is 8.33. The van der Waals surface area contributed by atoms with Crippen LogP contribution < -0.4 is 10.0 Å². The van der Waals surface area contributed by atoms with Gasteiger partial charge in [0.2, 0.25) is 10.0 Å². The summed E-state index contributed by atoms with van der Waals surface area (Å²) in [4.78, 5) is 14.1. The fraction of sp³-hybridized carbons (Fsp3) is 0.312. The Morgan fingerprint density at radius 3 is 2.70 bits per heavy atom. The van der Waals surface area contributed by atoms with Crippen LogP contribution in [0.15, 0.2) is 35.2 Å². The number of carbonyl (C=O) groups excluding carboxylic acids is 1. The van der Waals surface area contributed by atoms with Crippen molar-refractivity contribution in [2.45, 2.75) is 11.3 Å². The van der Waals surface area contributed by atoms with Crippen LogP contribution in [0.4, 0.5) is 5.69 Å². The average molecular weight is 333 g/mol. The predicted molar refractivity (Wildman–Crippen MR) is 90.3 cm³/mol. The van der Waals surface area contributed by atoms with Crippen LogP contribution in [0.1, 0.15) is 16.8 Å². The fourth-order valence-electron chi connectivity index (χ4n) is 2.78. The first kappa shape index (κ1) is 15.9. The van der Waals surface area contributed by atoms with Crippen molar-refractivity contribution in [2.75, 3.05) is 32.5 Å². The standard InChI is InChI=1S/C16H19N3O3S/c1-19(2)10-4-9-17-23(21,22)14-8-7-13-15-11(14)5-3-6-12(15)16(20)18-13/h3,5-8,17H,4,9-10H2,1-2H3,(H,18,20). The first-order valence-corrected chi connectivity index (χ1v) is 8.90. The van der Waals surface area contributed by atoms with Crippen molar-refractivity contribution < 1.29 is 13.2 Å². The molecule has 0 aromatic heterocycles. The van der Waals surface area contributed by atoms with Gasteiger partial charge in [0.05, 0.1) is 4.90 Å². The Balaban J connectivity index is 1.95. The molecule has 0 aliphatic carbocycles. The molecule has 0 spiro atoms. The second-order valence-electron chi connectivity index (χ2n) is 5.85.